The highest BCUT2D eigenvalue weighted by atomic mass is 35.6. The molecule has 0 aliphatic carbocycles. The van der Waals surface area contributed by atoms with E-state index in [1.165, 1.54) is 38.5 Å². The van der Waals surface area contributed by atoms with Crippen molar-refractivity contribution in [2.45, 2.75) is 114 Å². The molecular formula is C20H27Cl15. The minimum absolute atomic E-state index is 0.0834. The summed E-state index contributed by atoms with van der Waals surface area (Å²) >= 11 is 93.7. The second-order valence-electron chi connectivity index (χ2n) is 8.36. The van der Waals surface area contributed by atoms with E-state index in [0.29, 0.717) is 6.42 Å². The molecule has 0 saturated carbocycles. The van der Waals surface area contributed by atoms with E-state index in [1.807, 2.05) is 0 Å². The fourth-order valence-electron chi connectivity index (χ4n) is 3.17. The van der Waals surface area contributed by atoms with Crippen molar-refractivity contribution in [1.29, 1.82) is 0 Å². The van der Waals surface area contributed by atoms with Crippen LogP contribution in [0.5, 0.6) is 0 Å². The van der Waals surface area contributed by atoms with Gasteiger partial charge in [0.05, 0.1) is 0 Å². The number of halogens is 15. The van der Waals surface area contributed by atoms with Gasteiger partial charge in [-0.2, -0.15) is 0 Å². The maximum atomic E-state index is 6.48. The maximum Gasteiger partial charge on any atom is 0.226 e. The Labute approximate surface area is 284 Å². The third kappa shape index (κ3) is 9.68. The average Bonchev–Trinajstić information content (AvgIpc) is 2.70. The molecule has 0 unspecified atom stereocenters. The van der Waals surface area contributed by atoms with Crippen LogP contribution in [-0.2, 0) is 0 Å². The van der Waals surface area contributed by atoms with E-state index in [1.54, 1.807) is 0 Å². The summed E-state index contributed by atoms with van der Waals surface area (Å²) in [5.41, 5.74) is 0. The smallest absolute Gasteiger partial charge is 0.0982 e. The van der Waals surface area contributed by atoms with Crippen LogP contribution in [-0.4, -0.2) is 29.8 Å². The molecule has 35 heavy (non-hydrogen) atoms. The van der Waals surface area contributed by atoms with Crippen molar-refractivity contribution in [3.63, 3.8) is 0 Å². The monoisotopic (exact) mass is 792 g/mol. The maximum absolute atomic E-state index is 6.48. The van der Waals surface area contributed by atoms with Crippen LogP contribution in [0.25, 0.3) is 0 Å². The van der Waals surface area contributed by atoms with Crippen LogP contribution in [0.15, 0.2) is 0 Å². The van der Waals surface area contributed by atoms with E-state index in [-0.39, 0.29) is 6.42 Å². The zero-order valence-corrected chi connectivity index (χ0v) is 30.0. The highest BCUT2D eigenvalue weighted by molar-refractivity contribution is 6.82. The highest BCUT2D eigenvalue weighted by Gasteiger charge is 2.79. The summed E-state index contributed by atoms with van der Waals surface area (Å²) in [5, 5.41) is 0. The van der Waals surface area contributed by atoms with Crippen molar-refractivity contribution in [3.05, 3.63) is 0 Å². The summed E-state index contributed by atoms with van der Waals surface area (Å²) < 4.78 is -17.8. The Morgan fingerprint density at radius 1 is 0.343 bits per heavy atom. The van der Waals surface area contributed by atoms with E-state index in [4.69, 9.17) is 174 Å². The number of rotatable bonds is 17. The highest BCUT2D eigenvalue weighted by Crippen LogP contribution is 2.71. The minimum Gasteiger partial charge on any atom is -0.0982 e. The van der Waals surface area contributed by atoms with E-state index < -0.39 is 29.8 Å². The molecule has 0 amide bonds. The van der Waals surface area contributed by atoms with Crippen molar-refractivity contribution in [1.82, 2.24) is 0 Å². The van der Waals surface area contributed by atoms with Crippen LogP contribution in [0, 0.1) is 0 Å². The lowest BCUT2D eigenvalue weighted by molar-refractivity contribution is 0.447. The minimum atomic E-state index is -2.78. The first-order chi connectivity index (χ1) is 15.6. The second kappa shape index (κ2) is 15.7. The third-order valence-electron chi connectivity index (χ3n) is 5.49. The first-order valence-corrected chi connectivity index (χ1v) is 16.6. The van der Waals surface area contributed by atoms with Crippen molar-refractivity contribution in [2.24, 2.45) is 0 Å². The Kier molecular flexibility index (Phi) is 17.7. The van der Waals surface area contributed by atoms with E-state index in [0.717, 1.165) is 25.7 Å². The zero-order chi connectivity index (χ0) is 28.0. The van der Waals surface area contributed by atoms with Crippen molar-refractivity contribution < 1.29 is 0 Å². The van der Waals surface area contributed by atoms with Gasteiger partial charge in [0.15, 0.2) is 21.7 Å². The lowest BCUT2D eigenvalue weighted by Gasteiger charge is -2.52. The Morgan fingerprint density at radius 3 is 0.971 bits per heavy atom. The topological polar surface area (TPSA) is 0 Å². The van der Waals surface area contributed by atoms with Crippen LogP contribution in [0.3, 0.4) is 0 Å². The molecule has 0 nitrogen and oxygen atoms in total. The molecule has 0 fully saturated rings. The number of hydrogen-bond acceptors (Lipinski definition) is 0. The van der Waals surface area contributed by atoms with Crippen LogP contribution in [0.4, 0.5) is 0 Å². The molecule has 212 valence electrons. The third-order valence-corrected chi connectivity index (χ3v) is 15.5. The molecule has 0 aliphatic heterocycles. The first-order valence-electron chi connectivity index (χ1n) is 10.9. The van der Waals surface area contributed by atoms with E-state index >= 15 is 0 Å². The molecule has 0 radical (unpaired) electrons. The van der Waals surface area contributed by atoms with Crippen molar-refractivity contribution in [2.75, 3.05) is 0 Å². The van der Waals surface area contributed by atoms with E-state index in [9.17, 15) is 0 Å². The summed E-state index contributed by atoms with van der Waals surface area (Å²) in [6.07, 6.45) is 12.3. The molecule has 0 N–H and O–H groups in total. The molecule has 0 spiro atoms. The lowest BCUT2D eigenvalue weighted by Crippen LogP contribution is -2.68. The molecule has 15 heteroatoms. The molecule has 0 aromatic carbocycles. The molecule has 0 aromatic heterocycles. The SMILES string of the molecule is CCCCCCCCCCCCCC(Cl)(Cl)C(Cl)(Cl)C(Cl)(Cl)C(Cl)(Cl)C(Cl)(Cl)C(Cl)(Cl)C(Cl)(Cl)Cl. The van der Waals surface area contributed by atoms with Gasteiger partial charge in [0, 0.05) is 0 Å². The fraction of sp³-hybridized carbons (Fsp3) is 1.00. The number of alkyl halides is 15. The molecular weight excluding hydrogens is 772 g/mol. The summed E-state index contributed by atoms with van der Waals surface area (Å²) in [5.74, 6) is 0. The van der Waals surface area contributed by atoms with Crippen LogP contribution in [0.2, 0.25) is 0 Å². The van der Waals surface area contributed by atoms with Gasteiger partial charge in [-0.3, -0.25) is 0 Å². The molecule has 0 rings (SSSR count). The summed E-state index contributed by atoms with van der Waals surface area (Å²) in [6, 6.07) is 0. The lowest BCUT2D eigenvalue weighted by atomic mass is 10.0. The van der Waals surface area contributed by atoms with Crippen LogP contribution < -0.4 is 0 Å². The summed E-state index contributed by atoms with van der Waals surface area (Å²) in [4.78, 5) is 0. The van der Waals surface area contributed by atoms with Crippen LogP contribution in [0.1, 0.15) is 84.0 Å². The Balaban J connectivity index is 5.16. The van der Waals surface area contributed by atoms with Gasteiger partial charge in [-0.15, -0.1) is 0 Å². The number of hydrogen-bond donors (Lipinski definition) is 0. The van der Waals surface area contributed by atoms with Gasteiger partial charge in [-0.05, 0) is 6.42 Å². The van der Waals surface area contributed by atoms with E-state index in [2.05, 4.69) is 6.92 Å². The first kappa shape index (κ1) is 39.4. The van der Waals surface area contributed by atoms with Gasteiger partial charge in [0.25, 0.3) is 0 Å². The predicted molar refractivity (Wildman–Crippen MR) is 168 cm³/mol. The molecule has 0 heterocycles. The van der Waals surface area contributed by atoms with Gasteiger partial charge >= 0.3 is 0 Å². The second-order valence-corrected chi connectivity index (χ2v) is 18.8. The average molecular weight is 799 g/mol. The predicted octanol–water partition coefficient (Wildman–Crippen LogP) is 14.1. The normalized spacial score (nSPS) is 15.1. The molecule has 0 bridgehead atoms. The standard InChI is InChI=1S/C20H27Cl15/c1-2-3-4-5-6-7-8-9-10-11-12-13-14(21,22)15(23,24)16(25,26)17(27,28)18(29,30)19(31,32)20(33,34)35/h2-13H2,1H3. The van der Waals surface area contributed by atoms with Crippen molar-refractivity contribution in [3.8, 4) is 0 Å². The molecule has 0 saturated heterocycles. The van der Waals surface area contributed by atoms with Gasteiger partial charge in [0.2, 0.25) is 8.13 Å². The molecule has 0 aliphatic rings. The largest absolute Gasteiger partial charge is 0.226 e. The summed E-state index contributed by atoms with van der Waals surface area (Å²) in [7, 11) is 0. The molecule has 0 atom stereocenters. The zero-order valence-electron chi connectivity index (χ0n) is 18.7. The van der Waals surface area contributed by atoms with Crippen molar-refractivity contribution >= 4 is 174 Å². The Hall–Kier alpha value is 4.35. The number of unbranched alkanes of at least 4 members (excludes halogenated alkanes) is 10. The van der Waals surface area contributed by atoms with Crippen LogP contribution >= 0.6 is 174 Å². The quantitative estimate of drug-likeness (QED) is 0.102. The fourth-order valence-corrected chi connectivity index (χ4v) is 7.70. The van der Waals surface area contributed by atoms with Gasteiger partial charge in [0.1, 0.15) is 0 Å². The Bertz CT molecular complexity index is 623. The molecule has 0 aromatic rings. The summed E-state index contributed by atoms with van der Waals surface area (Å²) in [6.45, 7) is 2.20. The Morgan fingerprint density at radius 2 is 0.629 bits per heavy atom. The van der Waals surface area contributed by atoms with Gasteiger partial charge < -0.3 is 0 Å². The van der Waals surface area contributed by atoms with Gasteiger partial charge in [-0.25, -0.2) is 0 Å². The van der Waals surface area contributed by atoms with Gasteiger partial charge in [-0.1, -0.05) is 252 Å².